The van der Waals surface area contributed by atoms with Crippen LogP contribution in [-0.2, 0) is 22.6 Å². The average molecular weight is 952 g/mol. The first kappa shape index (κ1) is 47.8. The molecule has 0 aliphatic heterocycles. The van der Waals surface area contributed by atoms with Gasteiger partial charge in [-0.25, -0.2) is 29.1 Å². The van der Waals surface area contributed by atoms with Gasteiger partial charge >= 0.3 is 5.97 Å². The molecule has 344 valence electrons. The van der Waals surface area contributed by atoms with Crippen molar-refractivity contribution in [2.24, 2.45) is 0 Å². The summed E-state index contributed by atoms with van der Waals surface area (Å²) in [5.41, 5.74) is 4.42. The number of thiophene rings is 1. The number of carboxylic acids is 1. The minimum atomic E-state index is -2.49. The van der Waals surface area contributed by atoms with Gasteiger partial charge in [-0.2, -0.15) is 0 Å². The number of rotatable bonds is 20. The predicted molar refractivity (Wildman–Crippen MR) is 258 cm³/mol. The number of aromatic nitrogens is 4. The molecule has 12 nitrogen and oxygen atoms in total. The summed E-state index contributed by atoms with van der Waals surface area (Å²) < 4.78 is 51.4. The SMILES string of the molecule is COCOc1c(-c2c(-c3ccc(F)cc3)sc3ncnc(O[C@H](Cc4ccccc4OCc4ccnc(-c5ccccc5OC)n4)C(=O)O)c23)ccc(O[Si](C(C)C)(C(C)C)C(C)C)c1Cl. The molecule has 16 heteroatoms. The van der Waals surface area contributed by atoms with Crippen molar-refractivity contribution in [2.45, 2.75) is 77.3 Å². The van der Waals surface area contributed by atoms with Crippen LogP contribution in [0.15, 0.2) is 104 Å². The van der Waals surface area contributed by atoms with Crippen molar-refractivity contribution >= 4 is 47.4 Å². The molecule has 4 aromatic carbocycles. The van der Waals surface area contributed by atoms with Crippen LogP contribution < -0.4 is 23.4 Å². The Labute approximate surface area is 393 Å². The van der Waals surface area contributed by atoms with Crippen molar-refractivity contribution < 1.29 is 42.4 Å². The van der Waals surface area contributed by atoms with Crippen molar-refractivity contribution in [3.05, 3.63) is 126 Å². The van der Waals surface area contributed by atoms with Crippen LogP contribution in [0.5, 0.6) is 28.9 Å². The van der Waals surface area contributed by atoms with E-state index in [-0.39, 0.29) is 53.1 Å². The number of nitrogens with zero attached hydrogens (tertiary/aromatic N) is 4. The lowest BCUT2D eigenvalue weighted by molar-refractivity contribution is -0.145. The molecule has 0 saturated carbocycles. The first-order chi connectivity index (χ1) is 31.8. The number of ether oxygens (including phenoxy) is 5. The summed E-state index contributed by atoms with van der Waals surface area (Å²) in [6, 6.07) is 26.1. The molecule has 1 N–H and O–H groups in total. The maximum absolute atomic E-state index is 14.4. The zero-order valence-electron chi connectivity index (χ0n) is 38.0. The van der Waals surface area contributed by atoms with E-state index >= 15 is 0 Å². The number of fused-ring (bicyclic) bond motifs is 1. The zero-order valence-corrected chi connectivity index (χ0v) is 40.6. The van der Waals surface area contributed by atoms with Crippen LogP contribution in [0.1, 0.15) is 52.8 Å². The monoisotopic (exact) mass is 950 g/mol. The van der Waals surface area contributed by atoms with Gasteiger partial charge in [-0.1, -0.05) is 95.6 Å². The summed E-state index contributed by atoms with van der Waals surface area (Å²) in [4.78, 5) is 32.6. The van der Waals surface area contributed by atoms with Crippen molar-refractivity contribution in [1.29, 1.82) is 0 Å². The average Bonchev–Trinajstić information content (AvgIpc) is 3.70. The Hall–Kier alpha value is -6.13. The molecule has 0 unspecified atom stereocenters. The molecule has 1 atom stereocenters. The van der Waals surface area contributed by atoms with E-state index in [1.165, 1.54) is 36.9 Å². The van der Waals surface area contributed by atoms with Gasteiger partial charge in [0.25, 0.3) is 8.32 Å². The van der Waals surface area contributed by atoms with Gasteiger partial charge in [-0.15, -0.1) is 11.3 Å². The Balaban J connectivity index is 1.28. The van der Waals surface area contributed by atoms with E-state index in [4.69, 9.17) is 44.7 Å². The number of hydrogen-bond acceptors (Lipinski definition) is 12. The third kappa shape index (κ3) is 9.99. The molecule has 0 radical (unpaired) electrons. The lowest BCUT2D eigenvalue weighted by Crippen LogP contribution is -2.50. The maximum Gasteiger partial charge on any atom is 0.345 e. The van der Waals surface area contributed by atoms with E-state index in [0.717, 1.165) is 5.56 Å². The van der Waals surface area contributed by atoms with Crippen molar-refractivity contribution in [2.75, 3.05) is 21.0 Å². The lowest BCUT2D eigenvalue weighted by atomic mass is 9.98. The minimum absolute atomic E-state index is 0.00949. The molecule has 0 aliphatic carbocycles. The normalized spacial score (nSPS) is 12.2. The highest BCUT2D eigenvalue weighted by Crippen LogP contribution is 2.53. The third-order valence-electron chi connectivity index (χ3n) is 11.5. The second kappa shape index (κ2) is 21.0. The number of carbonyl (C=O) groups is 1. The molecule has 0 amide bonds. The first-order valence-electron chi connectivity index (χ1n) is 21.5. The molecule has 0 fully saturated rings. The number of para-hydroxylation sites is 2. The Morgan fingerprint density at radius 1 is 0.803 bits per heavy atom. The van der Waals surface area contributed by atoms with E-state index in [2.05, 4.69) is 56.5 Å². The van der Waals surface area contributed by atoms with E-state index in [0.29, 0.717) is 66.1 Å². The van der Waals surface area contributed by atoms with Gasteiger partial charge in [-0.3, -0.25) is 0 Å². The molecule has 0 spiro atoms. The molecule has 7 rings (SSSR count). The quantitative estimate of drug-likeness (QED) is 0.0573. The van der Waals surface area contributed by atoms with Gasteiger partial charge in [0, 0.05) is 35.7 Å². The molecule has 0 saturated heterocycles. The number of hydrogen-bond donors (Lipinski definition) is 1. The second-order valence-electron chi connectivity index (χ2n) is 16.5. The lowest BCUT2D eigenvalue weighted by Gasteiger charge is -2.42. The highest BCUT2D eigenvalue weighted by molar-refractivity contribution is 7.22. The van der Waals surface area contributed by atoms with Crippen molar-refractivity contribution in [1.82, 2.24) is 19.9 Å². The fourth-order valence-electron chi connectivity index (χ4n) is 8.59. The molecular weight excluding hydrogens is 899 g/mol. The van der Waals surface area contributed by atoms with Gasteiger partial charge in [0.15, 0.2) is 18.4 Å². The predicted octanol–water partition coefficient (Wildman–Crippen LogP) is 12.5. The molecule has 0 bridgehead atoms. The van der Waals surface area contributed by atoms with Gasteiger partial charge in [0.05, 0.1) is 23.8 Å². The van der Waals surface area contributed by atoms with E-state index < -0.39 is 26.2 Å². The van der Waals surface area contributed by atoms with Gasteiger partial charge in [0.2, 0.25) is 12.0 Å². The number of methoxy groups -OCH3 is 2. The molecule has 3 heterocycles. The van der Waals surface area contributed by atoms with E-state index in [1.807, 2.05) is 36.4 Å². The van der Waals surface area contributed by atoms with Crippen LogP contribution in [0.25, 0.3) is 43.2 Å². The first-order valence-corrected chi connectivity index (χ1v) is 24.8. The van der Waals surface area contributed by atoms with Crippen LogP contribution in [-0.4, -0.2) is 66.4 Å². The molecular formula is C50H52ClFN4O8SSi. The largest absolute Gasteiger partial charge is 0.542 e. The number of halogens is 2. The highest BCUT2D eigenvalue weighted by atomic mass is 35.5. The van der Waals surface area contributed by atoms with Gasteiger partial charge in [-0.05, 0) is 76.3 Å². The highest BCUT2D eigenvalue weighted by Gasteiger charge is 2.47. The molecule has 3 aromatic heterocycles. The fraction of sp³-hybridized carbons (Fsp3) is 0.300. The van der Waals surface area contributed by atoms with E-state index in [1.54, 1.807) is 55.8 Å². The number of benzene rings is 4. The topological polar surface area (TPSA) is 144 Å². The number of carboxylic acid groups (broad SMARTS) is 1. The Kier molecular flexibility index (Phi) is 15.2. The molecule has 7 aromatic rings. The standard InChI is InChI=1S/C50H52ClFN4O8SSi/c1-29(2)66(30(3)4,31(5)6)64-40-22-21-37(45(44(40)51)62-28-59-7)42-43-48(54-27-55-49(43)65-46(42)32-17-19-34(52)20-18-32)63-41(50(57)58)25-33-13-9-11-15-38(33)61-26-35-23-24-53-47(56-35)36-14-10-12-16-39(36)60-8/h9-24,27,29-31,41H,25-26,28H2,1-8H3,(H,57,58)/t41-/m1/s1. The summed E-state index contributed by atoms with van der Waals surface area (Å²) in [6.07, 6.45) is 1.45. The Morgan fingerprint density at radius 3 is 2.18 bits per heavy atom. The van der Waals surface area contributed by atoms with Crippen LogP contribution in [0.3, 0.4) is 0 Å². The van der Waals surface area contributed by atoms with E-state index in [9.17, 15) is 14.3 Å². The summed E-state index contributed by atoms with van der Waals surface area (Å²) in [7, 11) is 0.615. The molecule has 66 heavy (non-hydrogen) atoms. The Bertz CT molecular complexity index is 2790. The summed E-state index contributed by atoms with van der Waals surface area (Å²) >= 11 is 8.66. The summed E-state index contributed by atoms with van der Waals surface area (Å²) in [6.45, 7) is 13.1. The maximum atomic E-state index is 14.4. The minimum Gasteiger partial charge on any atom is -0.542 e. The van der Waals surface area contributed by atoms with Crippen LogP contribution in [0.4, 0.5) is 4.39 Å². The van der Waals surface area contributed by atoms with Crippen LogP contribution in [0.2, 0.25) is 21.6 Å². The summed E-state index contributed by atoms with van der Waals surface area (Å²) in [5, 5.41) is 11.4. The number of aliphatic carboxylic acids is 1. The third-order valence-corrected chi connectivity index (χ3v) is 19.0. The van der Waals surface area contributed by atoms with Crippen LogP contribution in [0, 0.1) is 5.82 Å². The van der Waals surface area contributed by atoms with Crippen molar-refractivity contribution in [3.8, 4) is 61.8 Å². The zero-order chi connectivity index (χ0) is 47.1. The smallest absolute Gasteiger partial charge is 0.345 e. The molecule has 0 aliphatic rings. The summed E-state index contributed by atoms with van der Waals surface area (Å²) in [5.74, 6) is 0.682. The van der Waals surface area contributed by atoms with Crippen LogP contribution >= 0.6 is 22.9 Å². The Morgan fingerprint density at radius 2 is 1.50 bits per heavy atom. The second-order valence-corrected chi connectivity index (χ2v) is 23.3. The van der Waals surface area contributed by atoms with Gasteiger partial charge < -0.3 is 33.2 Å². The fourth-order valence-corrected chi connectivity index (χ4v) is 15.3. The van der Waals surface area contributed by atoms with Gasteiger partial charge in [0.1, 0.15) is 45.9 Å². The van der Waals surface area contributed by atoms with Crippen molar-refractivity contribution in [3.63, 3.8) is 0 Å².